The van der Waals surface area contributed by atoms with Crippen LogP contribution < -0.4 is 5.32 Å². The van der Waals surface area contributed by atoms with Gasteiger partial charge >= 0.3 is 0 Å². The number of nitro groups is 1. The van der Waals surface area contributed by atoms with Crippen molar-refractivity contribution < 1.29 is 18.1 Å². The number of nitrogens with one attached hydrogen (secondary N) is 1. The Morgan fingerprint density at radius 2 is 1.90 bits per heavy atom. The van der Waals surface area contributed by atoms with Crippen molar-refractivity contribution >= 4 is 31.3 Å². The van der Waals surface area contributed by atoms with Crippen molar-refractivity contribution in [2.45, 2.75) is 36.6 Å². The molecule has 1 aromatic rings. The first-order valence-electron chi connectivity index (χ1n) is 6.32. The summed E-state index contributed by atoms with van der Waals surface area (Å²) in [4.78, 5) is 21.7. The number of nitrogens with zero attached hydrogens (tertiary/aromatic N) is 1. The molecule has 1 N–H and O–H groups in total. The van der Waals surface area contributed by atoms with Gasteiger partial charge in [0.25, 0.3) is 20.6 Å². The number of nitro benzene ring substituents is 1. The first kappa shape index (κ1) is 15.7. The molecule has 1 saturated carbocycles. The first-order valence-corrected chi connectivity index (χ1v) is 8.63. The normalized spacial score (nSPS) is 15.9. The molecule has 9 heteroatoms. The van der Waals surface area contributed by atoms with E-state index in [0.717, 1.165) is 43.9 Å². The fraction of sp³-hybridized carbons (Fsp3) is 0.417. The lowest BCUT2D eigenvalue weighted by Crippen LogP contribution is -2.32. The molecule has 0 aliphatic heterocycles. The van der Waals surface area contributed by atoms with Crippen molar-refractivity contribution in [1.82, 2.24) is 5.32 Å². The Morgan fingerprint density at radius 3 is 2.43 bits per heavy atom. The minimum atomic E-state index is -4.15. The lowest BCUT2D eigenvalue weighted by atomic mass is 10.1. The van der Waals surface area contributed by atoms with E-state index in [9.17, 15) is 23.3 Å². The van der Waals surface area contributed by atoms with Crippen molar-refractivity contribution in [3.05, 3.63) is 33.9 Å². The molecule has 0 atom stereocenters. The van der Waals surface area contributed by atoms with Crippen molar-refractivity contribution in [1.29, 1.82) is 0 Å². The molecule has 1 amide bonds. The van der Waals surface area contributed by atoms with Crippen LogP contribution in [0.1, 0.15) is 36.0 Å². The lowest BCUT2D eigenvalue weighted by molar-refractivity contribution is -0.385. The van der Waals surface area contributed by atoms with Gasteiger partial charge in [-0.3, -0.25) is 14.9 Å². The van der Waals surface area contributed by atoms with Crippen molar-refractivity contribution in [2.75, 3.05) is 0 Å². The average Bonchev–Trinajstić information content (AvgIpc) is 2.90. The number of hydrogen-bond donors (Lipinski definition) is 1. The second kappa shape index (κ2) is 5.98. The second-order valence-electron chi connectivity index (χ2n) is 4.87. The van der Waals surface area contributed by atoms with Crippen molar-refractivity contribution in [2.24, 2.45) is 0 Å². The third kappa shape index (κ3) is 3.92. The van der Waals surface area contributed by atoms with Gasteiger partial charge in [0.15, 0.2) is 0 Å². The molecule has 0 spiro atoms. The molecular formula is C12H13ClN2O5S. The van der Waals surface area contributed by atoms with E-state index in [-0.39, 0.29) is 11.6 Å². The molecule has 0 saturated heterocycles. The van der Waals surface area contributed by atoms with Crippen LogP contribution in [0.3, 0.4) is 0 Å². The van der Waals surface area contributed by atoms with E-state index < -0.39 is 30.5 Å². The molecule has 0 unspecified atom stereocenters. The molecule has 7 nitrogen and oxygen atoms in total. The molecule has 0 heterocycles. The predicted octanol–water partition coefficient (Wildman–Crippen LogP) is 2.19. The summed E-state index contributed by atoms with van der Waals surface area (Å²) in [7, 11) is 1.05. The van der Waals surface area contributed by atoms with Crippen LogP contribution in [0.15, 0.2) is 23.1 Å². The molecule has 21 heavy (non-hydrogen) atoms. The SMILES string of the molecule is O=C(NC1CCCC1)c1cc([N+](=O)[O-])cc(S(=O)(=O)Cl)c1. The third-order valence-corrected chi connectivity index (χ3v) is 4.67. The van der Waals surface area contributed by atoms with E-state index >= 15 is 0 Å². The maximum absolute atomic E-state index is 12.1. The zero-order valence-corrected chi connectivity index (χ0v) is 12.5. The van der Waals surface area contributed by atoms with Gasteiger partial charge in [0.05, 0.1) is 9.82 Å². The van der Waals surface area contributed by atoms with Gasteiger partial charge in [-0.25, -0.2) is 8.42 Å². The zero-order valence-electron chi connectivity index (χ0n) is 10.9. The Bertz CT molecular complexity index is 683. The number of benzene rings is 1. The average molecular weight is 333 g/mol. The maximum Gasteiger partial charge on any atom is 0.271 e. The monoisotopic (exact) mass is 332 g/mol. The highest BCUT2D eigenvalue weighted by molar-refractivity contribution is 8.13. The van der Waals surface area contributed by atoms with Gasteiger partial charge in [-0.05, 0) is 18.9 Å². The number of halogens is 1. The van der Waals surface area contributed by atoms with Crippen LogP contribution in [0.5, 0.6) is 0 Å². The number of carbonyl (C=O) groups excluding carboxylic acids is 1. The Balaban J connectivity index is 2.35. The van der Waals surface area contributed by atoms with Gasteiger partial charge in [0.2, 0.25) is 0 Å². The molecule has 1 aromatic carbocycles. The smallest absolute Gasteiger partial charge is 0.271 e. The van der Waals surface area contributed by atoms with Crippen LogP contribution in [0.2, 0.25) is 0 Å². The second-order valence-corrected chi connectivity index (χ2v) is 7.43. The van der Waals surface area contributed by atoms with Gasteiger partial charge in [-0.2, -0.15) is 0 Å². The third-order valence-electron chi connectivity index (χ3n) is 3.34. The van der Waals surface area contributed by atoms with Crippen LogP contribution in [0, 0.1) is 10.1 Å². The van der Waals surface area contributed by atoms with Crippen molar-refractivity contribution in [3.63, 3.8) is 0 Å². The summed E-state index contributed by atoms with van der Waals surface area (Å²) in [5.74, 6) is -0.535. The number of hydrogen-bond acceptors (Lipinski definition) is 5. The van der Waals surface area contributed by atoms with Gasteiger partial charge in [-0.1, -0.05) is 12.8 Å². The Hall–Kier alpha value is -1.67. The van der Waals surface area contributed by atoms with Gasteiger partial charge < -0.3 is 5.32 Å². The fourth-order valence-electron chi connectivity index (χ4n) is 2.30. The maximum atomic E-state index is 12.1. The summed E-state index contributed by atoms with van der Waals surface area (Å²) in [6.45, 7) is 0. The Labute approximate surface area is 125 Å². The molecule has 114 valence electrons. The van der Waals surface area contributed by atoms with Crippen LogP contribution in [-0.4, -0.2) is 25.3 Å². The standard InChI is InChI=1S/C12H13ClN2O5S/c13-21(19,20)11-6-8(5-10(7-11)15(17)18)12(16)14-9-3-1-2-4-9/h5-7,9H,1-4H2,(H,14,16). The highest BCUT2D eigenvalue weighted by Gasteiger charge is 2.23. The van der Waals surface area contributed by atoms with E-state index in [1.54, 1.807) is 0 Å². The quantitative estimate of drug-likeness (QED) is 0.516. The molecule has 2 rings (SSSR count). The van der Waals surface area contributed by atoms with Crippen LogP contribution >= 0.6 is 10.7 Å². The summed E-state index contributed by atoms with van der Waals surface area (Å²) in [6, 6.07) is 2.93. The topological polar surface area (TPSA) is 106 Å². The lowest BCUT2D eigenvalue weighted by Gasteiger charge is -2.12. The van der Waals surface area contributed by atoms with Crippen LogP contribution in [0.4, 0.5) is 5.69 Å². The van der Waals surface area contributed by atoms with E-state index in [0.29, 0.717) is 0 Å². The Kier molecular flexibility index (Phi) is 4.48. The highest BCUT2D eigenvalue weighted by atomic mass is 35.7. The van der Waals surface area contributed by atoms with Gasteiger partial charge in [-0.15, -0.1) is 0 Å². The summed E-state index contributed by atoms with van der Waals surface area (Å²) >= 11 is 0. The minimum absolute atomic E-state index is 0.0211. The fourth-order valence-corrected chi connectivity index (χ4v) is 3.10. The molecular weight excluding hydrogens is 320 g/mol. The van der Waals surface area contributed by atoms with Crippen LogP contribution in [-0.2, 0) is 9.05 Å². The molecule has 1 aliphatic rings. The number of non-ortho nitro benzene ring substituents is 1. The largest absolute Gasteiger partial charge is 0.349 e. The zero-order chi connectivity index (χ0) is 15.6. The Morgan fingerprint density at radius 1 is 1.29 bits per heavy atom. The van der Waals surface area contributed by atoms with Crippen molar-refractivity contribution in [3.8, 4) is 0 Å². The molecule has 0 radical (unpaired) electrons. The van der Waals surface area contributed by atoms with E-state index in [1.807, 2.05) is 0 Å². The minimum Gasteiger partial charge on any atom is -0.349 e. The number of amides is 1. The molecule has 1 aliphatic carbocycles. The first-order chi connectivity index (χ1) is 9.77. The highest BCUT2D eigenvalue weighted by Crippen LogP contribution is 2.24. The molecule has 0 aromatic heterocycles. The van der Waals surface area contributed by atoms with E-state index in [2.05, 4.69) is 5.32 Å². The summed E-state index contributed by atoms with van der Waals surface area (Å²) in [6.07, 6.45) is 3.73. The van der Waals surface area contributed by atoms with Gasteiger partial charge in [0, 0.05) is 34.4 Å². The van der Waals surface area contributed by atoms with Gasteiger partial charge in [0.1, 0.15) is 0 Å². The molecule has 0 bridgehead atoms. The van der Waals surface area contributed by atoms with E-state index in [1.165, 1.54) is 0 Å². The number of carbonyl (C=O) groups is 1. The summed E-state index contributed by atoms with van der Waals surface area (Å²) in [5, 5.41) is 13.6. The number of rotatable bonds is 4. The summed E-state index contributed by atoms with van der Waals surface area (Å²) < 4.78 is 22.7. The van der Waals surface area contributed by atoms with Crippen LogP contribution in [0.25, 0.3) is 0 Å². The van der Waals surface area contributed by atoms with E-state index in [4.69, 9.17) is 10.7 Å². The predicted molar refractivity (Wildman–Crippen MR) is 75.9 cm³/mol. The summed E-state index contributed by atoms with van der Waals surface area (Å²) in [5.41, 5.74) is -0.580. The molecule has 1 fully saturated rings.